The molecule has 9 heteroatoms. The normalized spacial score (nSPS) is 12.8. The Bertz CT molecular complexity index is 501. The molecule has 1 unspecified atom stereocenters. The Morgan fingerprint density at radius 1 is 1.50 bits per heavy atom. The summed E-state index contributed by atoms with van der Waals surface area (Å²) in [6.07, 6.45) is -0.158. The van der Waals surface area contributed by atoms with E-state index in [-0.39, 0.29) is 6.10 Å². The third-order valence-corrected chi connectivity index (χ3v) is 3.88. The molecule has 0 saturated heterocycles. The van der Waals surface area contributed by atoms with Crippen LogP contribution in [0.4, 0.5) is 5.13 Å². The second-order valence-corrected chi connectivity index (χ2v) is 5.57. The number of rotatable bonds is 6. The smallest absolute Gasteiger partial charge is 0.237 e. The number of thioether (sulfide) groups is 1. The van der Waals surface area contributed by atoms with Crippen LogP contribution < -0.4 is 5.73 Å². The van der Waals surface area contributed by atoms with Gasteiger partial charge in [0.1, 0.15) is 6.10 Å². The summed E-state index contributed by atoms with van der Waals surface area (Å²) >= 11 is 2.79. The molecule has 0 aliphatic carbocycles. The Morgan fingerprint density at radius 3 is 3.00 bits per heavy atom. The van der Waals surface area contributed by atoms with Crippen molar-refractivity contribution in [3.63, 3.8) is 0 Å². The zero-order valence-electron chi connectivity index (χ0n) is 9.99. The van der Waals surface area contributed by atoms with Crippen LogP contribution in [0.15, 0.2) is 8.86 Å². The van der Waals surface area contributed by atoms with Crippen molar-refractivity contribution in [1.82, 2.24) is 20.3 Å². The van der Waals surface area contributed by atoms with E-state index >= 15 is 0 Å². The minimum atomic E-state index is -0.158. The first-order valence-corrected chi connectivity index (χ1v) is 7.15. The lowest BCUT2D eigenvalue weighted by Crippen LogP contribution is -2.01. The molecule has 98 valence electrons. The summed E-state index contributed by atoms with van der Waals surface area (Å²) < 4.78 is 11.3. The molecule has 0 fully saturated rings. The van der Waals surface area contributed by atoms with Gasteiger partial charge >= 0.3 is 0 Å². The van der Waals surface area contributed by atoms with Gasteiger partial charge in [0.25, 0.3) is 0 Å². The first-order valence-electron chi connectivity index (χ1n) is 5.35. The summed E-state index contributed by atoms with van der Waals surface area (Å²) in [5.74, 6) is 1.64. The Kier molecular flexibility index (Phi) is 4.50. The van der Waals surface area contributed by atoms with Crippen LogP contribution in [0, 0.1) is 0 Å². The first-order chi connectivity index (χ1) is 8.69. The maximum atomic E-state index is 5.49. The molecule has 2 aromatic rings. The van der Waals surface area contributed by atoms with Crippen molar-refractivity contribution in [3.8, 4) is 0 Å². The Hall–Kier alpha value is -1.19. The minimum absolute atomic E-state index is 0.158. The standard InChI is InChI=1S/C9H13N5O2S2/c1-3-15-5(2)7-11-6(16-14-7)4-17-9-13-12-8(10)18-9/h5H,3-4H2,1-2H3,(H2,10,12). The van der Waals surface area contributed by atoms with Crippen molar-refractivity contribution >= 4 is 28.2 Å². The molecular weight excluding hydrogens is 274 g/mol. The average molecular weight is 287 g/mol. The van der Waals surface area contributed by atoms with E-state index in [9.17, 15) is 0 Å². The molecule has 0 aromatic carbocycles. The van der Waals surface area contributed by atoms with E-state index in [1.54, 1.807) is 0 Å². The number of aromatic nitrogens is 4. The molecule has 0 aliphatic rings. The van der Waals surface area contributed by atoms with Gasteiger partial charge < -0.3 is 15.0 Å². The Labute approximate surface area is 112 Å². The lowest BCUT2D eigenvalue weighted by molar-refractivity contribution is 0.0683. The van der Waals surface area contributed by atoms with Crippen LogP contribution in [0.2, 0.25) is 0 Å². The quantitative estimate of drug-likeness (QED) is 0.804. The molecule has 0 amide bonds. The SMILES string of the molecule is CCOC(C)c1noc(CSc2nnc(N)s2)n1. The molecule has 0 saturated carbocycles. The van der Waals surface area contributed by atoms with Crippen molar-refractivity contribution in [1.29, 1.82) is 0 Å². The summed E-state index contributed by atoms with van der Waals surface area (Å²) in [6.45, 7) is 4.42. The van der Waals surface area contributed by atoms with Crippen molar-refractivity contribution in [3.05, 3.63) is 11.7 Å². The molecule has 0 spiro atoms. The van der Waals surface area contributed by atoms with Gasteiger partial charge in [0.05, 0.1) is 5.75 Å². The van der Waals surface area contributed by atoms with Gasteiger partial charge in [-0.15, -0.1) is 10.2 Å². The Morgan fingerprint density at radius 2 is 2.33 bits per heavy atom. The third-order valence-electron chi connectivity index (χ3n) is 2.01. The van der Waals surface area contributed by atoms with Gasteiger partial charge in [-0.2, -0.15) is 4.98 Å². The van der Waals surface area contributed by atoms with E-state index in [1.165, 1.54) is 23.1 Å². The maximum Gasteiger partial charge on any atom is 0.237 e. The highest BCUT2D eigenvalue weighted by molar-refractivity contribution is 8.00. The van der Waals surface area contributed by atoms with Gasteiger partial charge in [0, 0.05) is 6.61 Å². The fraction of sp³-hybridized carbons (Fsp3) is 0.556. The highest BCUT2D eigenvalue weighted by atomic mass is 32.2. The zero-order chi connectivity index (χ0) is 13.0. The van der Waals surface area contributed by atoms with Gasteiger partial charge in [0.15, 0.2) is 10.2 Å². The number of nitrogens with zero attached hydrogens (tertiary/aromatic N) is 4. The van der Waals surface area contributed by atoms with Gasteiger partial charge in [-0.05, 0) is 13.8 Å². The molecule has 2 N–H and O–H groups in total. The molecular formula is C9H13N5O2S2. The topological polar surface area (TPSA) is 100.0 Å². The number of ether oxygens (including phenoxy) is 1. The molecule has 18 heavy (non-hydrogen) atoms. The molecule has 0 bridgehead atoms. The number of hydrogen-bond acceptors (Lipinski definition) is 9. The van der Waals surface area contributed by atoms with Crippen molar-refractivity contribution < 1.29 is 9.26 Å². The van der Waals surface area contributed by atoms with E-state index in [2.05, 4.69) is 20.3 Å². The van der Waals surface area contributed by atoms with Crippen molar-refractivity contribution in [2.24, 2.45) is 0 Å². The number of nitrogens with two attached hydrogens (primary N) is 1. The number of anilines is 1. The lowest BCUT2D eigenvalue weighted by atomic mass is 10.4. The summed E-state index contributed by atoms with van der Waals surface area (Å²) in [6, 6.07) is 0. The van der Waals surface area contributed by atoms with E-state index in [0.717, 1.165) is 4.34 Å². The summed E-state index contributed by atoms with van der Waals surface area (Å²) in [7, 11) is 0. The van der Waals surface area contributed by atoms with Crippen LogP contribution in [0.25, 0.3) is 0 Å². The highest BCUT2D eigenvalue weighted by Crippen LogP contribution is 2.26. The molecule has 2 rings (SSSR count). The van der Waals surface area contributed by atoms with E-state index in [0.29, 0.717) is 29.2 Å². The fourth-order valence-electron chi connectivity index (χ4n) is 1.22. The number of hydrogen-bond donors (Lipinski definition) is 1. The largest absolute Gasteiger partial charge is 0.374 e. The van der Waals surface area contributed by atoms with Crippen molar-refractivity contribution in [2.45, 2.75) is 30.0 Å². The molecule has 2 aromatic heterocycles. The molecule has 2 heterocycles. The number of nitrogen functional groups attached to an aromatic ring is 1. The van der Waals surface area contributed by atoms with Crippen LogP contribution in [-0.4, -0.2) is 26.9 Å². The van der Waals surface area contributed by atoms with Gasteiger partial charge in [0.2, 0.25) is 11.0 Å². The molecule has 0 aliphatic heterocycles. The van der Waals surface area contributed by atoms with Crippen LogP contribution in [-0.2, 0) is 10.5 Å². The van der Waals surface area contributed by atoms with E-state index in [4.69, 9.17) is 15.0 Å². The summed E-state index contributed by atoms with van der Waals surface area (Å²) in [4.78, 5) is 4.25. The van der Waals surface area contributed by atoms with Crippen LogP contribution in [0.1, 0.15) is 31.7 Å². The van der Waals surface area contributed by atoms with Crippen LogP contribution in [0.3, 0.4) is 0 Å². The molecule has 0 radical (unpaired) electrons. The first kappa shape index (κ1) is 13.2. The van der Waals surface area contributed by atoms with Gasteiger partial charge in [-0.1, -0.05) is 28.3 Å². The monoisotopic (exact) mass is 287 g/mol. The second kappa shape index (κ2) is 6.12. The highest BCUT2D eigenvalue weighted by Gasteiger charge is 2.14. The zero-order valence-corrected chi connectivity index (χ0v) is 11.6. The van der Waals surface area contributed by atoms with Gasteiger partial charge in [-0.25, -0.2) is 0 Å². The lowest BCUT2D eigenvalue weighted by Gasteiger charge is -2.04. The molecule has 1 atom stereocenters. The van der Waals surface area contributed by atoms with Gasteiger partial charge in [-0.3, -0.25) is 0 Å². The van der Waals surface area contributed by atoms with Crippen LogP contribution >= 0.6 is 23.1 Å². The van der Waals surface area contributed by atoms with Crippen LogP contribution in [0.5, 0.6) is 0 Å². The maximum absolute atomic E-state index is 5.49. The van der Waals surface area contributed by atoms with E-state index < -0.39 is 0 Å². The summed E-state index contributed by atoms with van der Waals surface area (Å²) in [5, 5.41) is 11.9. The fourth-order valence-corrected chi connectivity index (χ4v) is 2.69. The third kappa shape index (κ3) is 3.40. The predicted octanol–water partition coefficient (Wildman–Crippen LogP) is 1.89. The average Bonchev–Trinajstić information content (AvgIpc) is 2.95. The minimum Gasteiger partial charge on any atom is -0.374 e. The van der Waals surface area contributed by atoms with E-state index in [1.807, 2.05) is 13.8 Å². The predicted molar refractivity (Wildman–Crippen MR) is 68.2 cm³/mol. The Balaban J connectivity index is 1.90. The second-order valence-electron chi connectivity index (χ2n) is 3.34. The summed E-state index contributed by atoms with van der Waals surface area (Å²) in [5.41, 5.74) is 5.49. The van der Waals surface area contributed by atoms with Crippen molar-refractivity contribution in [2.75, 3.05) is 12.3 Å². The molecule has 7 nitrogen and oxygen atoms in total.